The fourth-order valence-corrected chi connectivity index (χ4v) is 4.31. The van der Waals surface area contributed by atoms with E-state index in [1.807, 2.05) is 0 Å². The van der Waals surface area contributed by atoms with Crippen LogP contribution in [-0.4, -0.2) is 61.6 Å². The summed E-state index contributed by atoms with van der Waals surface area (Å²) in [4.78, 5) is 13.8. The molecule has 0 aliphatic carbocycles. The number of nitrogens with two attached hydrogens (primary N) is 1. The highest BCUT2D eigenvalue weighted by Gasteiger charge is 2.34. The van der Waals surface area contributed by atoms with Gasteiger partial charge in [-0.15, -0.1) is 0 Å². The van der Waals surface area contributed by atoms with E-state index in [0.717, 1.165) is 12.8 Å². The first-order chi connectivity index (χ1) is 9.39. The largest absolute Gasteiger partial charge is 0.395 e. The molecule has 1 fully saturated rings. The fraction of sp³-hybridized carbons (Fsp3) is 0.923. The standard InChI is InChI=1S/C13H26N2O4S/c1-11(4-6-14)2-3-13(17)15(7-8-16)12-5-9-20(18,19)10-12/h11-12,16H,2-10,14H2,1H3. The van der Waals surface area contributed by atoms with Crippen molar-refractivity contribution in [1.82, 2.24) is 4.90 Å². The van der Waals surface area contributed by atoms with E-state index in [1.54, 1.807) is 4.90 Å². The molecule has 0 saturated carbocycles. The van der Waals surface area contributed by atoms with E-state index >= 15 is 0 Å². The molecule has 1 saturated heterocycles. The second kappa shape index (κ2) is 7.95. The zero-order valence-corrected chi connectivity index (χ0v) is 12.9. The van der Waals surface area contributed by atoms with Crippen LogP contribution < -0.4 is 5.73 Å². The Morgan fingerprint density at radius 3 is 2.65 bits per heavy atom. The monoisotopic (exact) mass is 306 g/mol. The molecule has 0 aromatic rings. The smallest absolute Gasteiger partial charge is 0.222 e. The van der Waals surface area contributed by atoms with Crippen LogP contribution in [0.1, 0.15) is 32.6 Å². The quantitative estimate of drug-likeness (QED) is 0.644. The molecule has 118 valence electrons. The lowest BCUT2D eigenvalue weighted by atomic mass is 10.0. The summed E-state index contributed by atoms with van der Waals surface area (Å²) in [7, 11) is -3.02. The number of aliphatic hydroxyl groups excluding tert-OH is 1. The van der Waals surface area contributed by atoms with Gasteiger partial charge in [0.05, 0.1) is 18.1 Å². The van der Waals surface area contributed by atoms with Gasteiger partial charge in [-0.1, -0.05) is 6.92 Å². The zero-order chi connectivity index (χ0) is 15.2. The van der Waals surface area contributed by atoms with Crippen molar-refractivity contribution < 1.29 is 18.3 Å². The Balaban J connectivity index is 2.55. The Morgan fingerprint density at radius 1 is 1.45 bits per heavy atom. The zero-order valence-electron chi connectivity index (χ0n) is 12.1. The lowest BCUT2D eigenvalue weighted by Crippen LogP contribution is -2.42. The van der Waals surface area contributed by atoms with Crippen LogP contribution in [0.15, 0.2) is 0 Å². The van der Waals surface area contributed by atoms with Crippen molar-refractivity contribution in [2.75, 3.05) is 31.2 Å². The highest BCUT2D eigenvalue weighted by atomic mass is 32.2. The van der Waals surface area contributed by atoms with Crippen molar-refractivity contribution in [2.24, 2.45) is 11.7 Å². The van der Waals surface area contributed by atoms with Crippen LogP contribution >= 0.6 is 0 Å². The minimum absolute atomic E-state index is 0.0249. The van der Waals surface area contributed by atoms with Gasteiger partial charge < -0.3 is 15.7 Å². The van der Waals surface area contributed by atoms with Crippen molar-refractivity contribution in [2.45, 2.75) is 38.6 Å². The van der Waals surface area contributed by atoms with E-state index in [-0.39, 0.29) is 36.6 Å². The summed E-state index contributed by atoms with van der Waals surface area (Å²) in [5.74, 6) is 0.477. The molecular weight excluding hydrogens is 280 g/mol. The predicted molar refractivity (Wildman–Crippen MR) is 77.9 cm³/mol. The van der Waals surface area contributed by atoms with E-state index in [0.29, 0.717) is 25.3 Å². The topological polar surface area (TPSA) is 101 Å². The number of rotatable bonds is 8. The molecule has 6 nitrogen and oxygen atoms in total. The number of hydrogen-bond donors (Lipinski definition) is 2. The first-order valence-corrected chi connectivity index (χ1v) is 9.02. The van der Waals surface area contributed by atoms with Gasteiger partial charge in [-0.05, 0) is 31.7 Å². The molecule has 1 rings (SSSR count). The van der Waals surface area contributed by atoms with Gasteiger partial charge in [0.15, 0.2) is 9.84 Å². The molecule has 3 N–H and O–H groups in total. The van der Waals surface area contributed by atoms with Crippen molar-refractivity contribution in [3.63, 3.8) is 0 Å². The normalized spacial score (nSPS) is 22.6. The molecule has 7 heteroatoms. The third-order valence-electron chi connectivity index (χ3n) is 3.82. The maximum Gasteiger partial charge on any atom is 0.222 e. The number of aliphatic hydroxyl groups is 1. The van der Waals surface area contributed by atoms with E-state index < -0.39 is 9.84 Å². The van der Waals surface area contributed by atoms with Crippen molar-refractivity contribution in [1.29, 1.82) is 0 Å². The molecule has 0 radical (unpaired) electrons. The molecule has 1 aliphatic heterocycles. The van der Waals surface area contributed by atoms with Gasteiger partial charge in [0.1, 0.15) is 0 Å². The molecular formula is C13H26N2O4S. The van der Waals surface area contributed by atoms with Crippen LogP contribution in [0, 0.1) is 5.92 Å². The Hall–Kier alpha value is -0.660. The van der Waals surface area contributed by atoms with Crippen LogP contribution in [0.25, 0.3) is 0 Å². The summed E-state index contributed by atoms with van der Waals surface area (Å²) < 4.78 is 23.0. The summed E-state index contributed by atoms with van der Waals surface area (Å²) in [6, 6.07) is -0.274. The SMILES string of the molecule is CC(CCN)CCC(=O)N(CCO)C1CCS(=O)(=O)C1. The summed E-state index contributed by atoms with van der Waals surface area (Å²) in [5, 5.41) is 9.08. The van der Waals surface area contributed by atoms with Gasteiger partial charge in [-0.25, -0.2) is 8.42 Å². The maximum atomic E-state index is 12.2. The van der Waals surface area contributed by atoms with E-state index in [4.69, 9.17) is 10.8 Å². The summed E-state index contributed by atoms with van der Waals surface area (Å²) >= 11 is 0. The Bertz CT molecular complexity index is 411. The van der Waals surface area contributed by atoms with Gasteiger partial charge in [0.25, 0.3) is 0 Å². The third kappa shape index (κ3) is 5.38. The molecule has 0 aromatic carbocycles. The minimum Gasteiger partial charge on any atom is -0.395 e. The van der Waals surface area contributed by atoms with Gasteiger partial charge in [0.2, 0.25) is 5.91 Å². The van der Waals surface area contributed by atoms with Gasteiger partial charge in [0, 0.05) is 19.0 Å². The first kappa shape index (κ1) is 17.4. The number of hydrogen-bond acceptors (Lipinski definition) is 5. The molecule has 1 aliphatic rings. The van der Waals surface area contributed by atoms with E-state index in [9.17, 15) is 13.2 Å². The Morgan fingerprint density at radius 2 is 2.15 bits per heavy atom. The van der Waals surface area contributed by atoms with E-state index in [2.05, 4.69) is 6.92 Å². The third-order valence-corrected chi connectivity index (χ3v) is 5.57. The van der Waals surface area contributed by atoms with Crippen LogP contribution in [0.3, 0.4) is 0 Å². The molecule has 2 atom stereocenters. The van der Waals surface area contributed by atoms with Crippen molar-refractivity contribution in [3.8, 4) is 0 Å². The molecule has 0 bridgehead atoms. The van der Waals surface area contributed by atoms with Crippen LogP contribution in [0.5, 0.6) is 0 Å². The average molecular weight is 306 g/mol. The average Bonchev–Trinajstić information content (AvgIpc) is 2.73. The molecule has 20 heavy (non-hydrogen) atoms. The molecule has 2 unspecified atom stereocenters. The number of carbonyl (C=O) groups is 1. The van der Waals surface area contributed by atoms with Crippen LogP contribution in [-0.2, 0) is 14.6 Å². The maximum absolute atomic E-state index is 12.2. The van der Waals surface area contributed by atoms with Gasteiger partial charge in [-0.3, -0.25) is 4.79 Å². The highest BCUT2D eigenvalue weighted by molar-refractivity contribution is 7.91. The second-order valence-corrected chi connectivity index (χ2v) is 7.82. The second-order valence-electron chi connectivity index (χ2n) is 5.59. The summed E-state index contributed by atoms with van der Waals surface area (Å²) in [6.07, 6.45) is 2.49. The number of amides is 1. The molecule has 1 heterocycles. The van der Waals surface area contributed by atoms with Crippen LogP contribution in [0.4, 0.5) is 0 Å². The van der Waals surface area contributed by atoms with Crippen molar-refractivity contribution in [3.05, 3.63) is 0 Å². The summed E-state index contributed by atoms with van der Waals surface area (Å²) in [5.41, 5.74) is 5.48. The van der Waals surface area contributed by atoms with Gasteiger partial charge in [-0.2, -0.15) is 0 Å². The predicted octanol–water partition coefficient (Wildman–Crippen LogP) is -0.240. The Labute approximate surface area is 121 Å². The lowest BCUT2D eigenvalue weighted by Gasteiger charge is -2.28. The number of carbonyl (C=O) groups excluding carboxylic acids is 1. The number of nitrogens with zero attached hydrogens (tertiary/aromatic N) is 1. The first-order valence-electron chi connectivity index (χ1n) is 7.20. The highest BCUT2D eigenvalue weighted by Crippen LogP contribution is 2.20. The van der Waals surface area contributed by atoms with Gasteiger partial charge >= 0.3 is 0 Å². The summed E-state index contributed by atoms with van der Waals surface area (Å²) in [6.45, 7) is 2.73. The molecule has 0 aromatic heterocycles. The molecule has 0 spiro atoms. The van der Waals surface area contributed by atoms with E-state index in [1.165, 1.54) is 0 Å². The minimum atomic E-state index is -3.02. The Kier molecular flexibility index (Phi) is 6.91. The molecule has 1 amide bonds. The van der Waals surface area contributed by atoms with Crippen LogP contribution in [0.2, 0.25) is 0 Å². The fourth-order valence-electron chi connectivity index (χ4n) is 2.58. The van der Waals surface area contributed by atoms with Crippen molar-refractivity contribution >= 4 is 15.7 Å². The number of sulfone groups is 1. The lowest BCUT2D eigenvalue weighted by molar-refractivity contribution is -0.134.